The molecule has 0 bridgehead atoms. The molecule has 1 aliphatic carbocycles. The second kappa shape index (κ2) is 7.20. The molecule has 0 radical (unpaired) electrons. The molecule has 1 aliphatic rings. The third kappa shape index (κ3) is 4.49. The highest BCUT2D eigenvalue weighted by atomic mass is 16.5. The van der Waals surface area contributed by atoms with Gasteiger partial charge in [0.15, 0.2) is 0 Å². The SMILES string of the molecule is COCCCOCCC1(CN)CCCC1. The van der Waals surface area contributed by atoms with E-state index in [1.54, 1.807) is 7.11 Å². The lowest BCUT2D eigenvalue weighted by Crippen LogP contribution is -2.28. The maximum absolute atomic E-state index is 5.86. The van der Waals surface area contributed by atoms with E-state index in [-0.39, 0.29) is 0 Å². The highest BCUT2D eigenvalue weighted by molar-refractivity contribution is 4.85. The van der Waals surface area contributed by atoms with Crippen LogP contribution in [0, 0.1) is 5.41 Å². The summed E-state index contributed by atoms with van der Waals surface area (Å²) in [4.78, 5) is 0. The summed E-state index contributed by atoms with van der Waals surface area (Å²) in [5.41, 5.74) is 6.26. The van der Waals surface area contributed by atoms with Crippen molar-refractivity contribution in [1.82, 2.24) is 0 Å². The molecule has 2 N–H and O–H groups in total. The Balaban J connectivity index is 2.02. The first kappa shape index (κ1) is 12.9. The van der Waals surface area contributed by atoms with Crippen LogP contribution in [0.3, 0.4) is 0 Å². The molecule has 0 aromatic rings. The lowest BCUT2D eigenvalue weighted by Gasteiger charge is -2.26. The molecule has 0 saturated heterocycles. The van der Waals surface area contributed by atoms with Crippen molar-refractivity contribution in [2.75, 3.05) is 33.5 Å². The average molecular weight is 215 g/mol. The standard InChI is InChI=1S/C12H25NO2/c1-14-8-4-9-15-10-7-12(11-13)5-2-3-6-12/h2-11,13H2,1H3. The van der Waals surface area contributed by atoms with Crippen molar-refractivity contribution >= 4 is 0 Å². The van der Waals surface area contributed by atoms with Gasteiger partial charge in [-0.15, -0.1) is 0 Å². The van der Waals surface area contributed by atoms with Gasteiger partial charge in [0.1, 0.15) is 0 Å². The van der Waals surface area contributed by atoms with Gasteiger partial charge >= 0.3 is 0 Å². The van der Waals surface area contributed by atoms with Gasteiger partial charge in [-0.2, -0.15) is 0 Å². The van der Waals surface area contributed by atoms with Gasteiger partial charge in [0, 0.05) is 26.9 Å². The number of hydrogen-bond donors (Lipinski definition) is 1. The maximum Gasteiger partial charge on any atom is 0.0487 e. The first-order valence-corrected chi connectivity index (χ1v) is 6.10. The fraction of sp³-hybridized carbons (Fsp3) is 1.00. The summed E-state index contributed by atoms with van der Waals surface area (Å²) in [5, 5.41) is 0. The number of rotatable bonds is 8. The largest absolute Gasteiger partial charge is 0.385 e. The minimum atomic E-state index is 0.404. The third-order valence-corrected chi connectivity index (χ3v) is 3.51. The van der Waals surface area contributed by atoms with Crippen LogP contribution < -0.4 is 5.73 Å². The van der Waals surface area contributed by atoms with E-state index in [1.807, 2.05) is 0 Å². The summed E-state index contributed by atoms with van der Waals surface area (Å²) < 4.78 is 10.6. The van der Waals surface area contributed by atoms with Gasteiger partial charge in [0.2, 0.25) is 0 Å². The molecule has 0 atom stereocenters. The van der Waals surface area contributed by atoms with E-state index in [9.17, 15) is 0 Å². The van der Waals surface area contributed by atoms with Crippen LogP contribution in [0.4, 0.5) is 0 Å². The van der Waals surface area contributed by atoms with Gasteiger partial charge in [-0.05, 0) is 37.6 Å². The topological polar surface area (TPSA) is 44.5 Å². The number of hydrogen-bond acceptors (Lipinski definition) is 3. The Hall–Kier alpha value is -0.120. The molecule has 0 aliphatic heterocycles. The van der Waals surface area contributed by atoms with Crippen LogP contribution in [0.5, 0.6) is 0 Å². The Kier molecular flexibility index (Phi) is 6.22. The van der Waals surface area contributed by atoms with Crippen molar-refractivity contribution in [3.63, 3.8) is 0 Å². The fourth-order valence-electron chi connectivity index (χ4n) is 2.38. The molecule has 0 spiro atoms. The quantitative estimate of drug-likeness (QED) is 0.629. The molecule has 0 amide bonds. The summed E-state index contributed by atoms with van der Waals surface area (Å²) in [5.74, 6) is 0. The highest BCUT2D eigenvalue weighted by Crippen LogP contribution is 2.39. The lowest BCUT2D eigenvalue weighted by atomic mass is 9.83. The Morgan fingerprint density at radius 1 is 1.13 bits per heavy atom. The average Bonchev–Trinajstić information content (AvgIpc) is 2.73. The van der Waals surface area contributed by atoms with Gasteiger partial charge in [-0.1, -0.05) is 12.8 Å². The summed E-state index contributed by atoms with van der Waals surface area (Å²) in [7, 11) is 1.72. The number of methoxy groups -OCH3 is 1. The van der Waals surface area contributed by atoms with Crippen molar-refractivity contribution in [1.29, 1.82) is 0 Å². The molecule has 1 fully saturated rings. The summed E-state index contributed by atoms with van der Waals surface area (Å²) >= 11 is 0. The van der Waals surface area contributed by atoms with E-state index < -0.39 is 0 Å². The first-order valence-electron chi connectivity index (χ1n) is 6.10. The predicted molar refractivity (Wildman–Crippen MR) is 61.9 cm³/mol. The predicted octanol–water partition coefficient (Wildman–Crippen LogP) is 1.95. The van der Waals surface area contributed by atoms with Crippen LogP contribution in [-0.4, -0.2) is 33.5 Å². The Morgan fingerprint density at radius 3 is 2.47 bits per heavy atom. The van der Waals surface area contributed by atoms with Crippen LogP contribution in [0.25, 0.3) is 0 Å². The van der Waals surface area contributed by atoms with E-state index in [0.29, 0.717) is 5.41 Å². The molecule has 0 unspecified atom stereocenters. The van der Waals surface area contributed by atoms with Gasteiger partial charge in [-0.3, -0.25) is 0 Å². The molecular formula is C12H25NO2. The van der Waals surface area contributed by atoms with Gasteiger partial charge in [-0.25, -0.2) is 0 Å². The molecule has 1 saturated carbocycles. The van der Waals surface area contributed by atoms with E-state index in [4.69, 9.17) is 15.2 Å². The zero-order valence-electron chi connectivity index (χ0n) is 9.96. The first-order chi connectivity index (χ1) is 7.33. The van der Waals surface area contributed by atoms with Crippen LogP contribution >= 0.6 is 0 Å². The Labute approximate surface area is 93.3 Å². The zero-order valence-corrected chi connectivity index (χ0v) is 9.96. The van der Waals surface area contributed by atoms with Gasteiger partial charge in [0.05, 0.1) is 0 Å². The smallest absolute Gasteiger partial charge is 0.0487 e. The zero-order chi connectivity index (χ0) is 11.0. The molecule has 1 rings (SSSR count). The number of nitrogens with two attached hydrogens (primary N) is 1. The third-order valence-electron chi connectivity index (χ3n) is 3.51. The van der Waals surface area contributed by atoms with E-state index in [0.717, 1.165) is 39.2 Å². The molecular weight excluding hydrogens is 190 g/mol. The van der Waals surface area contributed by atoms with E-state index in [2.05, 4.69) is 0 Å². The van der Waals surface area contributed by atoms with Crippen molar-refractivity contribution < 1.29 is 9.47 Å². The molecule has 3 nitrogen and oxygen atoms in total. The summed E-state index contributed by atoms with van der Waals surface area (Å²) in [6.07, 6.45) is 7.42. The molecule has 15 heavy (non-hydrogen) atoms. The van der Waals surface area contributed by atoms with Crippen molar-refractivity contribution in [2.24, 2.45) is 11.1 Å². The maximum atomic E-state index is 5.86. The fourth-order valence-corrected chi connectivity index (χ4v) is 2.38. The van der Waals surface area contributed by atoms with Gasteiger partial charge < -0.3 is 15.2 Å². The lowest BCUT2D eigenvalue weighted by molar-refractivity contribution is 0.0785. The van der Waals surface area contributed by atoms with E-state index >= 15 is 0 Å². The van der Waals surface area contributed by atoms with E-state index in [1.165, 1.54) is 25.7 Å². The normalized spacial score (nSPS) is 19.6. The summed E-state index contributed by atoms with van der Waals surface area (Å²) in [6.45, 7) is 3.30. The van der Waals surface area contributed by atoms with Crippen molar-refractivity contribution in [3.05, 3.63) is 0 Å². The number of ether oxygens (including phenoxy) is 2. The molecule has 0 aromatic heterocycles. The van der Waals surface area contributed by atoms with Crippen LogP contribution in [0.15, 0.2) is 0 Å². The Morgan fingerprint density at radius 2 is 1.87 bits per heavy atom. The molecule has 0 aromatic carbocycles. The highest BCUT2D eigenvalue weighted by Gasteiger charge is 2.31. The Bertz CT molecular complexity index is 156. The van der Waals surface area contributed by atoms with Crippen LogP contribution in [-0.2, 0) is 9.47 Å². The second-order valence-electron chi connectivity index (χ2n) is 4.62. The van der Waals surface area contributed by atoms with Crippen molar-refractivity contribution in [2.45, 2.75) is 38.5 Å². The summed E-state index contributed by atoms with van der Waals surface area (Å²) in [6, 6.07) is 0. The van der Waals surface area contributed by atoms with Gasteiger partial charge in [0.25, 0.3) is 0 Å². The molecule has 3 heteroatoms. The van der Waals surface area contributed by atoms with Crippen LogP contribution in [0.1, 0.15) is 38.5 Å². The minimum Gasteiger partial charge on any atom is -0.385 e. The monoisotopic (exact) mass is 215 g/mol. The van der Waals surface area contributed by atoms with Crippen molar-refractivity contribution in [3.8, 4) is 0 Å². The molecule has 90 valence electrons. The minimum absolute atomic E-state index is 0.404. The molecule has 0 heterocycles. The van der Waals surface area contributed by atoms with Crippen LogP contribution in [0.2, 0.25) is 0 Å². The second-order valence-corrected chi connectivity index (χ2v) is 4.62.